The number of nitrogens with zero attached hydrogens (tertiary/aromatic N) is 3. The molecule has 9 heteroatoms. The average molecular weight is 379 g/mol. The Kier molecular flexibility index (Phi) is 4.37. The smallest absolute Gasteiger partial charge is 0.250 e. The van der Waals surface area contributed by atoms with Gasteiger partial charge in [0.2, 0.25) is 10.0 Å². The quantitative estimate of drug-likeness (QED) is 0.803. The van der Waals surface area contributed by atoms with Crippen molar-refractivity contribution in [1.82, 2.24) is 14.3 Å². The third-order valence-corrected chi connectivity index (χ3v) is 6.43. The fourth-order valence-electron chi connectivity index (χ4n) is 3.33. The van der Waals surface area contributed by atoms with Gasteiger partial charge in [-0.3, -0.25) is 4.98 Å². The summed E-state index contributed by atoms with van der Waals surface area (Å²) >= 11 is 0. The number of ether oxygens (including phenoxy) is 2. The average Bonchev–Trinajstić information content (AvgIpc) is 2.62. The van der Waals surface area contributed by atoms with Gasteiger partial charge in [0, 0.05) is 44.5 Å². The first kappa shape index (κ1) is 17.3. The molecule has 26 heavy (non-hydrogen) atoms. The molecule has 0 unspecified atom stereocenters. The molecule has 2 saturated heterocycles. The summed E-state index contributed by atoms with van der Waals surface area (Å²) in [7, 11) is -3.58. The van der Waals surface area contributed by atoms with Crippen LogP contribution in [0, 0.1) is 5.82 Å². The first-order valence-corrected chi connectivity index (χ1v) is 9.74. The molecule has 2 aromatic rings. The van der Waals surface area contributed by atoms with Gasteiger partial charge in [-0.25, -0.2) is 17.8 Å². The molecule has 2 aliphatic heterocycles. The number of sulfonamides is 1. The first-order valence-electron chi connectivity index (χ1n) is 8.30. The van der Waals surface area contributed by atoms with Gasteiger partial charge in [0.15, 0.2) is 5.82 Å². The number of pyridine rings is 2. The maximum absolute atomic E-state index is 13.7. The van der Waals surface area contributed by atoms with E-state index in [4.69, 9.17) is 9.47 Å². The van der Waals surface area contributed by atoms with Gasteiger partial charge in [0.1, 0.15) is 11.0 Å². The Morgan fingerprint density at radius 2 is 2.08 bits per heavy atom. The standard InChI is InChI=1S/C17H18FN3O4S/c18-15-4-2-7-20-16(15)25-13-5-8-24-17(9-13)11-21(12-17)26(22,23)14-3-1-6-19-10-14/h1-4,6-7,10,13H,5,8-9,11-12H2/t13-/m0/s1. The number of halogens is 1. The van der Waals surface area contributed by atoms with Crippen molar-refractivity contribution in [2.75, 3.05) is 19.7 Å². The van der Waals surface area contributed by atoms with Crippen LogP contribution in [0.1, 0.15) is 12.8 Å². The van der Waals surface area contributed by atoms with Gasteiger partial charge >= 0.3 is 0 Å². The second kappa shape index (κ2) is 6.57. The van der Waals surface area contributed by atoms with Crippen LogP contribution in [-0.2, 0) is 14.8 Å². The molecular formula is C17H18FN3O4S. The van der Waals surface area contributed by atoms with Crippen molar-refractivity contribution in [3.8, 4) is 5.88 Å². The van der Waals surface area contributed by atoms with Crippen LogP contribution in [0.4, 0.5) is 4.39 Å². The Hall–Kier alpha value is -2.10. The topological polar surface area (TPSA) is 81.6 Å². The number of hydrogen-bond acceptors (Lipinski definition) is 6. The van der Waals surface area contributed by atoms with Crippen LogP contribution in [0.25, 0.3) is 0 Å². The lowest BCUT2D eigenvalue weighted by molar-refractivity contribution is -0.165. The Labute approximate surface area is 150 Å². The van der Waals surface area contributed by atoms with Crippen LogP contribution < -0.4 is 4.74 Å². The monoisotopic (exact) mass is 379 g/mol. The van der Waals surface area contributed by atoms with Gasteiger partial charge in [0.25, 0.3) is 5.88 Å². The van der Waals surface area contributed by atoms with Gasteiger partial charge in [-0.2, -0.15) is 4.31 Å². The second-order valence-electron chi connectivity index (χ2n) is 6.52. The maximum Gasteiger partial charge on any atom is 0.250 e. The maximum atomic E-state index is 13.7. The van der Waals surface area contributed by atoms with Crippen molar-refractivity contribution >= 4 is 10.0 Å². The van der Waals surface area contributed by atoms with Gasteiger partial charge in [-0.1, -0.05) is 0 Å². The number of aromatic nitrogens is 2. The highest BCUT2D eigenvalue weighted by molar-refractivity contribution is 7.89. The molecule has 0 radical (unpaired) electrons. The second-order valence-corrected chi connectivity index (χ2v) is 8.45. The molecule has 0 aliphatic carbocycles. The molecule has 4 heterocycles. The molecular weight excluding hydrogens is 361 g/mol. The summed E-state index contributed by atoms with van der Waals surface area (Å²) in [6.07, 6.45) is 5.16. The van der Waals surface area contributed by atoms with Gasteiger partial charge in [-0.05, 0) is 24.3 Å². The molecule has 138 valence electrons. The SMILES string of the molecule is O=S(=O)(c1cccnc1)N1CC2(C[C@@H](Oc3ncccc3F)CCO2)C1. The van der Waals surface area contributed by atoms with E-state index in [-0.39, 0.29) is 30.0 Å². The lowest BCUT2D eigenvalue weighted by Crippen LogP contribution is -2.67. The van der Waals surface area contributed by atoms with Crippen LogP contribution >= 0.6 is 0 Å². The van der Waals surface area contributed by atoms with E-state index in [9.17, 15) is 12.8 Å². The minimum Gasteiger partial charge on any atom is -0.472 e. The normalized spacial score (nSPS) is 22.7. The molecule has 1 atom stereocenters. The molecule has 0 bridgehead atoms. The first-order chi connectivity index (χ1) is 12.5. The minimum atomic E-state index is -3.58. The molecule has 2 fully saturated rings. The van der Waals surface area contributed by atoms with Crippen molar-refractivity contribution in [1.29, 1.82) is 0 Å². The van der Waals surface area contributed by atoms with Crippen molar-refractivity contribution in [2.45, 2.75) is 29.4 Å². The van der Waals surface area contributed by atoms with Crippen LogP contribution in [0.15, 0.2) is 47.8 Å². The number of hydrogen-bond donors (Lipinski definition) is 0. The highest BCUT2D eigenvalue weighted by Gasteiger charge is 2.52. The third kappa shape index (κ3) is 3.17. The van der Waals surface area contributed by atoms with Gasteiger partial charge in [-0.15, -0.1) is 0 Å². The summed E-state index contributed by atoms with van der Waals surface area (Å²) in [5.41, 5.74) is -0.594. The molecule has 2 aliphatic rings. The van der Waals surface area contributed by atoms with E-state index in [2.05, 4.69) is 9.97 Å². The highest BCUT2D eigenvalue weighted by atomic mass is 32.2. The zero-order chi connectivity index (χ0) is 18.2. The highest BCUT2D eigenvalue weighted by Crippen LogP contribution is 2.38. The predicted molar refractivity (Wildman–Crippen MR) is 89.5 cm³/mol. The Morgan fingerprint density at radius 1 is 1.27 bits per heavy atom. The van der Waals surface area contributed by atoms with Crippen molar-refractivity contribution < 1.29 is 22.3 Å². The molecule has 1 spiro atoms. The van der Waals surface area contributed by atoms with Crippen LogP contribution in [0.3, 0.4) is 0 Å². The lowest BCUT2D eigenvalue weighted by atomic mass is 9.86. The van der Waals surface area contributed by atoms with Crippen LogP contribution in [0.2, 0.25) is 0 Å². The van der Waals surface area contributed by atoms with Crippen molar-refractivity contribution in [3.05, 3.63) is 48.7 Å². The summed E-state index contributed by atoms with van der Waals surface area (Å²) in [4.78, 5) is 7.93. The van der Waals surface area contributed by atoms with Crippen molar-refractivity contribution in [2.24, 2.45) is 0 Å². The predicted octanol–water partition coefficient (Wildman–Crippen LogP) is 1.62. The molecule has 0 amide bonds. The molecule has 0 N–H and O–H groups in total. The van der Waals surface area contributed by atoms with Gasteiger partial charge in [0.05, 0.1) is 12.2 Å². The van der Waals surface area contributed by atoms with Crippen molar-refractivity contribution in [3.63, 3.8) is 0 Å². The zero-order valence-electron chi connectivity index (χ0n) is 13.9. The van der Waals surface area contributed by atoms with E-state index in [1.807, 2.05) is 0 Å². The molecule has 2 aromatic heterocycles. The zero-order valence-corrected chi connectivity index (χ0v) is 14.7. The summed E-state index contributed by atoms with van der Waals surface area (Å²) in [5, 5.41) is 0. The number of rotatable bonds is 4. The summed E-state index contributed by atoms with van der Waals surface area (Å²) < 4.78 is 51.8. The Morgan fingerprint density at radius 3 is 2.81 bits per heavy atom. The lowest BCUT2D eigenvalue weighted by Gasteiger charge is -2.51. The summed E-state index contributed by atoms with van der Waals surface area (Å²) in [6.45, 7) is 0.920. The Bertz CT molecular complexity index is 888. The van der Waals surface area contributed by atoms with E-state index in [0.717, 1.165) is 0 Å². The fraction of sp³-hybridized carbons (Fsp3) is 0.412. The molecule has 0 saturated carbocycles. The molecule has 4 rings (SSSR count). The van der Waals surface area contributed by atoms with E-state index >= 15 is 0 Å². The largest absolute Gasteiger partial charge is 0.472 e. The molecule has 0 aromatic carbocycles. The summed E-state index contributed by atoms with van der Waals surface area (Å²) in [6, 6.07) is 5.90. The Balaban J connectivity index is 1.43. The minimum absolute atomic E-state index is 0.0336. The van der Waals surface area contributed by atoms with E-state index in [0.29, 0.717) is 19.4 Å². The molecule has 7 nitrogen and oxygen atoms in total. The fourth-order valence-corrected chi connectivity index (χ4v) is 4.89. The van der Waals surface area contributed by atoms with Crippen LogP contribution in [-0.4, -0.2) is 54.1 Å². The van der Waals surface area contributed by atoms with E-state index in [1.54, 1.807) is 6.07 Å². The van der Waals surface area contributed by atoms with E-state index in [1.165, 1.54) is 41.1 Å². The van der Waals surface area contributed by atoms with Gasteiger partial charge < -0.3 is 9.47 Å². The van der Waals surface area contributed by atoms with E-state index < -0.39 is 21.4 Å². The van der Waals surface area contributed by atoms with Crippen LogP contribution in [0.5, 0.6) is 5.88 Å². The summed E-state index contributed by atoms with van der Waals surface area (Å²) in [5.74, 6) is -0.545. The third-order valence-electron chi connectivity index (χ3n) is 4.65.